The molecule has 2 aromatic rings. The Balaban J connectivity index is 2.17. The predicted molar refractivity (Wildman–Crippen MR) is 59.8 cm³/mol. The Morgan fingerprint density at radius 3 is 2.82 bits per heavy atom. The molecule has 6 heteroatoms. The van der Waals surface area contributed by atoms with E-state index in [2.05, 4.69) is 15.5 Å². The molecule has 0 fully saturated rings. The Hall–Kier alpha value is -2.11. The van der Waals surface area contributed by atoms with Gasteiger partial charge in [0.2, 0.25) is 0 Å². The van der Waals surface area contributed by atoms with Gasteiger partial charge < -0.3 is 14.3 Å². The van der Waals surface area contributed by atoms with E-state index in [-0.39, 0.29) is 17.5 Å². The molecule has 1 amide bonds. The standard InChI is InChI=1S/C11H13N3O3/c1-6(2)10-9(12-5-16-10)11(15)13-8-4-7(3)17-14-8/h4-6H,1-3H3,(H,13,14,15). The highest BCUT2D eigenvalue weighted by molar-refractivity contribution is 6.03. The van der Waals surface area contributed by atoms with Crippen molar-refractivity contribution < 1.29 is 13.7 Å². The molecule has 2 aromatic heterocycles. The number of hydrogen-bond acceptors (Lipinski definition) is 5. The van der Waals surface area contributed by atoms with Crippen LogP contribution >= 0.6 is 0 Å². The molecule has 0 radical (unpaired) electrons. The van der Waals surface area contributed by atoms with Crippen LogP contribution in [-0.4, -0.2) is 16.0 Å². The summed E-state index contributed by atoms with van der Waals surface area (Å²) in [5, 5.41) is 6.27. The van der Waals surface area contributed by atoms with Gasteiger partial charge in [0.1, 0.15) is 11.5 Å². The van der Waals surface area contributed by atoms with Crippen LogP contribution in [0.1, 0.15) is 41.8 Å². The Labute approximate surface area is 98.0 Å². The van der Waals surface area contributed by atoms with E-state index in [0.29, 0.717) is 17.3 Å². The summed E-state index contributed by atoms with van der Waals surface area (Å²) in [4.78, 5) is 15.8. The maximum atomic E-state index is 11.9. The summed E-state index contributed by atoms with van der Waals surface area (Å²) in [6.45, 7) is 5.60. The van der Waals surface area contributed by atoms with E-state index in [1.165, 1.54) is 6.39 Å². The van der Waals surface area contributed by atoms with Gasteiger partial charge in [-0.2, -0.15) is 0 Å². The average Bonchev–Trinajstić information content (AvgIpc) is 2.86. The third kappa shape index (κ3) is 2.35. The quantitative estimate of drug-likeness (QED) is 0.883. The number of nitrogens with zero attached hydrogens (tertiary/aromatic N) is 2. The molecule has 1 N–H and O–H groups in total. The SMILES string of the molecule is Cc1cc(NC(=O)c2ncoc2C(C)C)no1. The first kappa shape index (κ1) is 11.4. The fourth-order valence-electron chi connectivity index (χ4n) is 1.44. The lowest BCUT2D eigenvalue weighted by atomic mass is 10.1. The highest BCUT2D eigenvalue weighted by atomic mass is 16.5. The number of rotatable bonds is 3. The minimum Gasteiger partial charge on any atom is -0.447 e. The third-order valence-corrected chi connectivity index (χ3v) is 2.20. The zero-order valence-corrected chi connectivity index (χ0v) is 9.85. The Bertz CT molecular complexity index is 528. The Kier molecular flexibility index (Phi) is 2.95. The number of aryl methyl sites for hydroxylation is 1. The number of aromatic nitrogens is 2. The second-order valence-electron chi connectivity index (χ2n) is 4.00. The van der Waals surface area contributed by atoms with Gasteiger partial charge in [0.15, 0.2) is 17.9 Å². The van der Waals surface area contributed by atoms with Crippen LogP contribution in [0.2, 0.25) is 0 Å². The minimum absolute atomic E-state index is 0.0947. The number of carbonyl (C=O) groups is 1. The first-order valence-corrected chi connectivity index (χ1v) is 5.26. The zero-order valence-electron chi connectivity index (χ0n) is 9.85. The van der Waals surface area contributed by atoms with Crippen molar-refractivity contribution in [1.29, 1.82) is 0 Å². The van der Waals surface area contributed by atoms with Gasteiger partial charge in [-0.15, -0.1) is 0 Å². The topological polar surface area (TPSA) is 81.2 Å². The number of carbonyl (C=O) groups excluding carboxylic acids is 1. The lowest BCUT2D eigenvalue weighted by molar-refractivity contribution is 0.101. The van der Waals surface area contributed by atoms with Crippen molar-refractivity contribution in [2.45, 2.75) is 26.7 Å². The van der Waals surface area contributed by atoms with Crippen molar-refractivity contribution in [3.05, 3.63) is 29.7 Å². The molecule has 0 aliphatic heterocycles. The molecule has 0 bridgehead atoms. The van der Waals surface area contributed by atoms with E-state index in [0.717, 1.165) is 0 Å². The van der Waals surface area contributed by atoms with Crippen LogP contribution in [0, 0.1) is 6.92 Å². The normalized spacial score (nSPS) is 10.8. The van der Waals surface area contributed by atoms with Gasteiger partial charge in [0, 0.05) is 12.0 Å². The molecular weight excluding hydrogens is 222 g/mol. The molecule has 0 aliphatic carbocycles. The molecule has 17 heavy (non-hydrogen) atoms. The van der Waals surface area contributed by atoms with E-state index < -0.39 is 0 Å². The maximum absolute atomic E-state index is 11.9. The van der Waals surface area contributed by atoms with Gasteiger partial charge in [-0.25, -0.2) is 4.98 Å². The van der Waals surface area contributed by atoms with E-state index in [4.69, 9.17) is 8.94 Å². The molecule has 0 saturated heterocycles. The molecule has 6 nitrogen and oxygen atoms in total. The van der Waals surface area contributed by atoms with Crippen LogP contribution < -0.4 is 5.32 Å². The van der Waals surface area contributed by atoms with Crippen molar-refractivity contribution in [3.63, 3.8) is 0 Å². The van der Waals surface area contributed by atoms with Crippen molar-refractivity contribution in [2.75, 3.05) is 5.32 Å². The van der Waals surface area contributed by atoms with Gasteiger partial charge in [-0.3, -0.25) is 4.79 Å². The second kappa shape index (κ2) is 4.40. The summed E-state index contributed by atoms with van der Waals surface area (Å²) in [6.07, 6.45) is 1.26. The van der Waals surface area contributed by atoms with Gasteiger partial charge in [0.05, 0.1) is 0 Å². The molecule has 2 heterocycles. The molecule has 0 spiro atoms. The molecule has 2 rings (SSSR count). The van der Waals surface area contributed by atoms with Crippen LogP contribution in [0.15, 0.2) is 21.4 Å². The van der Waals surface area contributed by atoms with E-state index in [9.17, 15) is 4.79 Å². The van der Waals surface area contributed by atoms with E-state index in [1.54, 1.807) is 13.0 Å². The van der Waals surface area contributed by atoms with Crippen LogP contribution in [0.3, 0.4) is 0 Å². The number of nitrogens with one attached hydrogen (secondary N) is 1. The van der Waals surface area contributed by atoms with Crippen LogP contribution in [0.25, 0.3) is 0 Å². The van der Waals surface area contributed by atoms with E-state index in [1.807, 2.05) is 13.8 Å². The van der Waals surface area contributed by atoms with Crippen molar-refractivity contribution in [1.82, 2.24) is 10.1 Å². The number of hydrogen-bond donors (Lipinski definition) is 1. The summed E-state index contributed by atoms with van der Waals surface area (Å²) in [5.41, 5.74) is 0.278. The van der Waals surface area contributed by atoms with Crippen molar-refractivity contribution in [2.24, 2.45) is 0 Å². The lowest BCUT2D eigenvalue weighted by Gasteiger charge is -2.02. The van der Waals surface area contributed by atoms with E-state index >= 15 is 0 Å². The molecule has 0 aliphatic rings. The van der Waals surface area contributed by atoms with Gasteiger partial charge >= 0.3 is 0 Å². The summed E-state index contributed by atoms with van der Waals surface area (Å²) >= 11 is 0. The molecule has 0 aromatic carbocycles. The third-order valence-electron chi connectivity index (χ3n) is 2.20. The first-order valence-electron chi connectivity index (χ1n) is 5.26. The van der Waals surface area contributed by atoms with Gasteiger partial charge in [-0.1, -0.05) is 19.0 Å². The summed E-state index contributed by atoms with van der Waals surface area (Å²) in [6, 6.07) is 1.63. The van der Waals surface area contributed by atoms with Gasteiger partial charge in [-0.05, 0) is 6.92 Å². The summed E-state index contributed by atoms with van der Waals surface area (Å²) < 4.78 is 10.0. The fourth-order valence-corrected chi connectivity index (χ4v) is 1.44. The number of anilines is 1. The lowest BCUT2D eigenvalue weighted by Crippen LogP contribution is -2.14. The summed E-state index contributed by atoms with van der Waals surface area (Å²) in [7, 11) is 0. The maximum Gasteiger partial charge on any atom is 0.279 e. The number of oxazole rings is 1. The van der Waals surface area contributed by atoms with Crippen molar-refractivity contribution in [3.8, 4) is 0 Å². The molecular formula is C11H13N3O3. The average molecular weight is 235 g/mol. The van der Waals surface area contributed by atoms with Crippen molar-refractivity contribution >= 4 is 11.7 Å². The summed E-state index contributed by atoms with van der Waals surface area (Å²) in [5.74, 6) is 1.30. The minimum atomic E-state index is -0.351. The smallest absolute Gasteiger partial charge is 0.279 e. The molecule has 0 atom stereocenters. The van der Waals surface area contributed by atoms with Crippen LogP contribution in [-0.2, 0) is 0 Å². The molecule has 0 saturated carbocycles. The van der Waals surface area contributed by atoms with Crippen LogP contribution in [0.4, 0.5) is 5.82 Å². The Morgan fingerprint density at radius 1 is 1.47 bits per heavy atom. The second-order valence-corrected chi connectivity index (χ2v) is 4.00. The zero-order chi connectivity index (χ0) is 12.4. The highest BCUT2D eigenvalue weighted by Gasteiger charge is 2.19. The first-order chi connectivity index (χ1) is 8.08. The molecule has 0 unspecified atom stereocenters. The fraction of sp³-hybridized carbons (Fsp3) is 0.364. The highest BCUT2D eigenvalue weighted by Crippen LogP contribution is 2.19. The van der Waals surface area contributed by atoms with Gasteiger partial charge in [0.25, 0.3) is 5.91 Å². The predicted octanol–water partition coefficient (Wildman–Crippen LogP) is 2.35. The Morgan fingerprint density at radius 2 is 2.24 bits per heavy atom. The molecule has 90 valence electrons. The van der Waals surface area contributed by atoms with Crippen LogP contribution in [0.5, 0.6) is 0 Å². The monoisotopic (exact) mass is 235 g/mol. The number of amides is 1. The largest absolute Gasteiger partial charge is 0.447 e.